The molecule has 0 saturated carbocycles. The summed E-state index contributed by atoms with van der Waals surface area (Å²) in [6, 6.07) is 18.3. The Bertz CT molecular complexity index is 474. The van der Waals surface area contributed by atoms with Gasteiger partial charge in [0.2, 0.25) is 0 Å². The van der Waals surface area contributed by atoms with Crippen LogP contribution in [-0.2, 0) is 32.7 Å². The molecule has 0 amide bonds. The molecule has 0 bridgehead atoms. The first-order valence-electron chi connectivity index (χ1n) is 5.24. The van der Waals surface area contributed by atoms with Crippen LogP contribution in [0.2, 0.25) is 0 Å². The van der Waals surface area contributed by atoms with Crippen LogP contribution in [0.25, 0.3) is 5.16 Å². The molecule has 0 heterocycles. The molecule has 0 atom stereocenters. The van der Waals surface area contributed by atoms with Crippen molar-refractivity contribution in [3.05, 3.63) is 65.8 Å². The smallest absolute Gasteiger partial charge is 0.125 e. The molecule has 0 aliphatic rings. The summed E-state index contributed by atoms with van der Waals surface area (Å²) in [5.41, 5.74) is 0. The van der Waals surface area contributed by atoms with Crippen molar-refractivity contribution in [2.24, 2.45) is 0 Å². The molecule has 5 heteroatoms. The van der Waals surface area contributed by atoms with E-state index in [0.717, 1.165) is 0 Å². The van der Waals surface area contributed by atoms with Crippen molar-refractivity contribution in [1.82, 2.24) is 0 Å². The molecular weight excluding hydrogens is 346 g/mol. The molecule has 0 aliphatic carbocycles. The van der Waals surface area contributed by atoms with Crippen LogP contribution in [0.15, 0.2) is 60.7 Å². The molecule has 3 nitrogen and oxygen atoms in total. The number of benzene rings is 2. The monoisotopic (exact) mass is 367 g/mol. The van der Waals surface area contributed by atoms with E-state index in [0.29, 0.717) is 11.5 Å². The molecule has 0 aromatic heterocycles. The van der Waals surface area contributed by atoms with Crippen LogP contribution >= 0.6 is 7.51 Å². The van der Waals surface area contributed by atoms with Crippen LogP contribution in [0.3, 0.4) is 0 Å². The fraction of sp³-hybridized carbons (Fsp3) is 0.200. The number of rotatable bonds is 4. The second-order valence-corrected chi connectivity index (χ2v) is 5.58. The van der Waals surface area contributed by atoms with Crippen molar-refractivity contribution < 1.29 is 41.8 Å². The van der Waals surface area contributed by atoms with E-state index in [1.165, 1.54) is 0 Å². The summed E-state index contributed by atoms with van der Waals surface area (Å²) in [4.78, 5) is 0. The zero-order valence-electron chi connectivity index (χ0n) is 10.1. The van der Waals surface area contributed by atoms with Gasteiger partial charge in [-0.05, 0) is 24.3 Å². The average Bonchev–Trinajstić information content (AvgIpc) is 2.30. The van der Waals surface area contributed by atoms with E-state index in [-0.39, 0.29) is 47.6 Å². The van der Waals surface area contributed by atoms with E-state index in [4.69, 9.17) is 9.05 Å². The van der Waals surface area contributed by atoms with Crippen LogP contribution in [0.4, 0.5) is 0 Å². The largest absolute Gasteiger partial charge is 0.741 e. The Morgan fingerprint density at radius 2 is 1.05 bits per heavy atom. The van der Waals surface area contributed by atoms with Gasteiger partial charge in [-0.2, -0.15) is 0 Å². The Morgan fingerprint density at radius 3 is 1.35 bits per heavy atom. The Labute approximate surface area is 147 Å². The van der Waals surface area contributed by atoms with Gasteiger partial charge in [0.05, 0.1) is 0 Å². The van der Waals surface area contributed by atoms with E-state index >= 15 is 0 Å². The Kier molecular flexibility index (Phi) is 11.0. The van der Waals surface area contributed by atoms with Crippen LogP contribution in [-0.4, -0.2) is 6.66 Å². The molecule has 1 radical (unpaired) electrons. The summed E-state index contributed by atoms with van der Waals surface area (Å²) in [5, 5.41) is 10.1. The molecule has 0 fully saturated rings. The maximum Gasteiger partial charge on any atom is 0.125 e. The first-order valence-corrected chi connectivity index (χ1v) is 7.27. The maximum absolute atomic E-state index is 10.1. The van der Waals surface area contributed by atoms with Gasteiger partial charge in [-0.3, -0.25) is 0 Å². The van der Waals surface area contributed by atoms with E-state index in [9.17, 15) is 5.16 Å². The second kappa shape index (κ2) is 10.2. The number of para-hydroxylation sites is 2. The van der Waals surface area contributed by atoms with Gasteiger partial charge in [0.25, 0.3) is 0 Å². The van der Waals surface area contributed by atoms with Gasteiger partial charge in [0.1, 0.15) is 19.0 Å². The zero-order chi connectivity index (χ0) is 12.1. The van der Waals surface area contributed by atoms with Crippen LogP contribution in [0.1, 0.15) is 14.9 Å². The second-order valence-electron chi connectivity index (χ2n) is 3.61. The van der Waals surface area contributed by atoms with Crippen LogP contribution < -0.4 is 9.05 Å². The van der Waals surface area contributed by atoms with Crippen molar-refractivity contribution in [3.8, 4) is 11.5 Å². The summed E-state index contributed by atoms with van der Waals surface area (Å²) in [5.74, 6) is 1.20. The Hall–Kier alpha value is -0.626. The summed E-state index contributed by atoms with van der Waals surface area (Å²) in [6.45, 7) is 1.56. The molecule has 107 valence electrons. The van der Waals surface area contributed by atoms with E-state index in [1.807, 2.05) is 36.4 Å². The van der Waals surface area contributed by atoms with Crippen molar-refractivity contribution >= 4 is 7.51 Å². The number of hydrogen-bond acceptors (Lipinski definition) is 2. The van der Waals surface area contributed by atoms with Gasteiger partial charge in [-0.1, -0.05) is 51.3 Å². The van der Waals surface area contributed by atoms with E-state index in [1.54, 1.807) is 30.9 Å². The fourth-order valence-corrected chi connectivity index (χ4v) is 2.44. The molecule has 0 spiro atoms. The van der Waals surface area contributed by atoms with Crippen molar-refractivity contribution in [2.75, 3.05) is 6.66 Å². The first-order chi connectivity index (χ1) is 8.16. The van der Waals surface area contributed by atoms with Gasteiger partial charge in [0.15, 0.2) is 0 Å². The van der Waals surface area contributed by atoms with Gasteiger partial charge >= 0.3 is 0 Å². The van der Waals surface area contributed by atoms with E-state index < -0.39 is 7.51 Å². The number of nitrogens with zero attached hydrogens (tertiary/aromatic N) is 1. The van der Waals surface area contributed by atoms with Crippen molar-refractivity contribution in [3.63, 3.8) is 0 Å². The quantitative estimate of drug-likeness (QED) is 0.656. The topological polar surface area (TPSA) is 40.8 Å². The number of hydrogen-bond donors (Lipinski definition) is 0. The molecule has 0 N–H and O–H groups in total. The zero-order valence-corrected chi connectivity index (χ0v) is 13.8. The predicted molar refractivity (Wildman–Crippen MR) is 83.8 cm³/mol. The van der Waals surface area contributed by atoms with Crippen molar-refractivity contribution in [2.45, 2.75) is 14.9 Å². The molecule has 2 rings (SSSR count). The van der Waals surface area contributed by atoms with Gasteiger partial charge in [-0.25, -0.2) is 0 Å². The van der Waals surface area contributed by atoms with Gasteiger partial charge < -0.3 is 14.2 Å². The summed E-state index contributed by atoms with van der Waals surface area (Å²) < 4.78 is 10.9. The predicted octanol–water partition coefficient (Wildman–Crippen LogP) is 5.64. The van der Waals surface area contributed by atoms with Crippen LogP contribution in [0, 0.1) is 0 Å². The molecule has 0 aliphatic heterocycles. The Morgan fingerprint density at radius 1 is 0.750 bits per heavy atom. The van der Waals surface area contributed by atoms with Gasteiger partial charge in [0, 0.05) is 39.4 Å². The van der Waals surface area contributed by atoms with E-state index in [2.05, 4.69) is 0 Å². The third-order valence-electron chi connectivity index (χ3n) is 2.04. The minimum absolute atomic E-state index is 0. The minimum atomic E-state index is -2.89. The fourth-order valence-electron chi connectivity index (χ4n) is 1.37. The molecular formula is C15H21NO2PY-. The van der Waals surface area contributed by atoms with Crippen LogP contribution in [0.5, 0.6) is 11.5 Å². The molecule has 0 saturated heterocycles. The SMILES string of the molecule is C.C.CP(=[N-])(Oc1ccccc1)Oc1ccccc1.[Y]. The molecule has 2 aromatic rings. The summed E-state index contributed by atoms with van der Waals surface area (Å²) >= 11 is 0. The van der Waals surface area contributed by atoms with Crippen molar-refractivity contribution in [1.29, 1.82) is 0 Å². The first kappa shape index (κ1) is 21.7. The maximum atomic E-state index is 10.1. The summed E-state index contributed by atoms with van der Waals surface area (Å²) in [6.07, 6.45) is 0. The molecule has 2 aromatic carbocycles. The minimum Gasteiger partial charge on any atom is -0.741 e. The third kappa shape index (κ3) is 7.23. The molecule has 20 heavy (non-hydrogen) atoms. The van der Waals surface area contributed by atoms with Gasteiger partial charge in [-0.15, -0.1) is 0 Å². The average molecular weight is 367 g/mol. The third-order valence-corrected chi connectivity index (χ3v) is 3.14. The normalized spacial score (nSPS) is 9.25. The Balaban J connectivity index is 0. The standard InChI is InChI=1S/C13H13NO2P.2CH4.Y/c1-17(14,15-12-8-4-2-5-9-12)16-13-10-6-3-7-11-13;;;/h2-11H,1H3;2*1H4;/q-1;;;. The molecule has 0 unspecified atom stereocenters. The summed E-state index contributed by atoms with van der Waals surface area (Å²) in [7, 11) is -2.89.